The number of hydrogen-bond donors (Lipinski definition) is 1. The molecule has 3 nitrogen and oxygen atoms in total. The fourth-order valence-electron chi connectivity index (χ4n) is 1.70. The fraction of sp³-hybridized carbons (Fsp3) is 0.615. The topological polar surface area (TPSA) is 48.1 Å². The summed E-state index contributed by atoms with van der Waals surface area (Å²) in [5.41, 5.74) is 8.25. The van der Waals surface area contributed by atoms with Crippen LogP contribution < -0.4 is 5.73 Å². The molecule has 0 aliphatic heterocycles. The molecule has 0 aliphatic rings. The summed E-state index contributed by atoms with van der Waals surface area (Å²) in [6, 6.07) is 4.18. The smallest absolute Gasteiger partial charge is 0.0646 e. The quantitative estimate of drug-likeness (QED) is 0.800. The summed E-state index contributed by atoms with van der Waals surface area (Å²) in [6.45, 7) is 4.78. The van der Waals surface area contributed by atoms with Crippen LogP contribution in [-0.2, 0) is 17.6 Å². The van der Waals surface area contributed by atoms with Gasteiger partial charge in [-0.2, -0.15) is 0 Å². The van der Waals surface area contributed by atoms with E-state index in [0.29, 0.717) is 6.61 Å². The molecular weight excluding hydrogens is 200 g/mol. The van der Waals surface area contributed by atoms with E-state index in [2.05, 4.69) is 31.0 Å². The Bertz CT molecular complexity index is 310. The highest BCUT2D eigenvalue weighted by atomic mass is 16.5. The molecule has 1 unspecified atom stereocenters. The molecule has 1 heterocycles. The molecule has 0 aliphatic carbocycles. The molecule has 1 rings (SSSR count). The molecule has 0 amide bonds. The second-order valence-electron chi connectivity index (χ2n) is 4.34. The van der Waals surface area contributed by atoms with Crippen molar-refractivity contribution in [3.05, 3.63) is 29.6 Å². The minimum absolute atomic E-state index is 0.296. The van der Waals surface area contributed by atoms with Gasteiger partial charge in [0.05, 0.1) is 6.61 Å². The molecule has 1 aromatic heterocycles. The maximum absolute atomic E-state index is 6.25. The molecule has 16 heavy (non-hydrogen) atoms. The van der Waals surface area contributed by atoms with E-state index in [0.717, 1.165) is 25.0 Å². The lowest BCUT2D eigenvalue weighted by Crippen LogP contribution is -2.46. The largest absolute Gasteiger partial charge is 0.383 e. The van der Waals surface area contributed by atoms with Crippen LogP contribution >= 0.6 is 0 Å². The normalized spacial score (nSPS) is 14.8. The average molecular weight is 222 g/mol. The van der Waals surface area contributed by atoms with Crippen LogP contribution in [0.15, 0.2) is 18.3 Å². The Morgan fingerprint density at radius 2 is 2.12 bits per heavy atom. The van der Waals surface area contributed by atoms with Gasteiger partial charge in [-0.05, 0) is 24.5 Å². The van der Waals surface area contributed by atoms with Gasteiger partial charge in [-0.1, -0.05) is 19.9 Å². The SMILES string of the molecule is CCc1ccc(CC(N)(CC)COC)nc1. The van der Waals surface area contributed by atoms with Gasteiger partial charge in [0.25, 0.3) is 0 Å². The van der Waals surface area contributed by atoms with Gasteiger partial charge >= 0.3 is 0 Å². The van der Waals surface area contributed by atoms with Gasteiger partial charge in [0.15, 0.2) is 0 Å². The number of methoxy groups -OCH3 is 1. The van der Waals surface area contributed by atoms with Gasteiger partial charge < -0.3 is 10.5 Å². The number of rotatable bonds is 6. The molecule has 1 aromatic rings. The fourth-order valence-corrected chi connectivity index (χ4v) is 1.70. The summed E-state index contributed by atoms with van der Waals surface area (Å²) in [5, 5.41) is 0. The van der Waals surface area contributed by atoms with Crippen LogP contribution in [0.1, 0.15) is 31.5 Å². The molecule has 0 saturated carbocycles. The lowest BCUT2D eigenvalue weighted by atomic mass is 9.92. The molecule has 0 aromatic carbocycles. The van der Waals surface area contributed by atoms with E-state index in [9.17, 15) is 0 Å². The first-order valence-electron chi connectivity index (χ1n) is 5.85. The van der Waals surface area contributed by atoms with Crippen molar-refractivity contribution in [1.29, 1.82) is 0 Å². The minimum atomic E-state index is -0.296. The van der Waals surface area contributed by atoms with E-state index >= 15 is 0 Å². The van der Waals surface area contributed by atoms with Crippen molar-refractivity contribution in [2.75, 3.05) is 13.7 Å². The Hall–Kier alpha value is -0.930. The highest BCUT2D eigenvalue weighted by molar-refractivity contribution is 5.15. The van der Waals surface area contributed by atoms with Crippen molar-refractivity contribution < 1.29 is 4.74 Å². The Kier molecular flexibility index (Phi) is 4.90. The first-order valence-corrected chi connectivity index (χ1v) is 5.85. The van der Waals surface area contributed by atoms with Crippen molar-refractivity contribution in [3.63, 3.8) is 0 Å². The van der Waals surface area contributed by atoms with E-state index in [1.165, 1.54) is 5.56 Å². The average Bonchev–Trinajstić information content (AvgIpc) is 2.30. The van der Waals surface area contributed by atoms with Crippen LogP contribution in [0.3, 0.4) is 0 Å². The molecule has 0 bridgehead atoms. The summed E-state index contributed by atoms with van der Waals surface area (Å²) in [6.07, 6.45) is 4.60. The maximum Gasteiger partial charge on any atom is 0.0646 e. The van der Waals surface area contributed by atoms with Crippen molar-refractivity contribution in [2.45, 2.75) is 38.6 Å². The monoisotopic (exact) mass is 222 g/mol. The molecule has 3 heteroatoms. The number of aryl methyl sites for hydroxylation is 1. The van der Waals surface area contributed by atoms with Gasteiger partial charge in [0.1, 0.15) is 0 Å². The van der Waals surface area contributed by atoms with Crippen LogP contribution in [0.4, 0.5) is 0 Å². The van der Waals surface area contributed by atoms with Gasteiger partial charge in [-0.25, -0.2) is 0 Å². The molecular formula is C13H22N2O. The van der Waals surface area contributed by atoms with Crippen molar-refractivity contribution in [1.82, 2.24) is 4.98 Å². The molecule has 90 valence electrons. The van der Waals surface area contributed by atoms with Gasteiger partial charge in [-0.15, -0.1) is 0 Å². The predicted molar refractivity (Wildman–Crippen MR) is 66.4 cm³/mol. The molecule has 0 fully saturated rings. The lowest BCUT2D eigenvalue weighted by molar-refractivity contribution is 0.129. The van der Waals surface area contributed by atoms with E-state index in [4.69, 9.17) is 10.5 Å². The number of pyridine rings is 1. The molecule has 2 N–H and O–H groups in total. The van der Waals surface area contributed by atoms with E-state index < -0.39 is 0 Å². The third kappa shape index (κ3) is 3.58. The summed E-state index contributed by atoms with van der Waals surface area (Å²) < 4.78 is 5.16. The highest BCUT2D eigenvalue weighted by Gasteiger charge is 2.23. The third-order valence-electron chi connectivity index (χ3n) is 2.96. The summed E-state index contributed by atoms with van der Waals surface area (Å²) in [7, 11) is 1.69. The zero-order valence-electron chi connectivity index (χ0n) is 10.5. The Balaban J connectivity index is 2.70. The van der Waals surface area contributed by atoms with Crippen LogP contribution in [0, 0.1) is 0 Å². The number of hydrogen-bond acceptors (Lipinski definition) is 3. The maximum atomic E-state index is 6.25. The lowest BCUT2D eigenvalue weighted by Gasteiger charge is -2.26. The Labute approximate surface area is 98.0 Å². The zero-order valence-corrected chi connectivity index (χ0v) is 10.5. The van der Waals surface area contributed by atoms with Crippen molar-refractivity contribution in [2.24, 2.45) is 5.73 Å². The van der Waals surface area contributed by atoms with Crippen LogP contribution in [-0.4, -0.2) is 24.2 Å². The first-order chi connectivity index (χ1) is 7.63. The molecule has 0 spiro atoms. The number of aromatic nitrogens is 1. The van der Waals surface area contributed by atoms with E-state index in [-0.39, 0.29) is 5.54 Å². The first kappa shape index (κ1) is 13.1. The van der Waals surface area contributed by atoms with Crippen LogP contribution in [0.2, 0.25) is 0 Å². The Morgan fingerprint density at radius 3 is 2.56 bits per heavy atom. The van der Waals surface area contributed by atoms with E-state index in [1.807, 2.05) is 6.20 Å². The van der Waals surface area contributed by atoms with Gasteiger partial charge in [-0.3, -0.25) is 4.98 Å². The van der Waals surface area contributed by atoms with Gasteiger partial charge in [0.2, 0.25) is 0 Å². The van der Waals surface area contributed by atoms with E-state index in [1.54, 1.807) is 7.11 Å². The predicted octanol–water partition coefficient (Wildman–Crippen LogP) is 1.94. The van der Waals surface area contributed by atoms with Crippen LogP contribution in [0.25, 0.3) is 0 Å². The number of nitrogens with two attached hydrogens (primary N) is 1. The molecule has 1 atom stereocenters. The summed E-state index contributed by atoms with van der Waals surface area (Å²) in [4.78, 5) is 4.43. The third-order valence-corrected chi connectivity index (χ3v) is 2.96. The van der Waals surface area contributed by atoms with Gasteiger partial charge in [0, 0.05) is 31.0 Å². The summed E-state index contributed by atoms with van der Waals surface area (Å²) in [5.74, 6) is 0. The second kappa shape index (κ2) is 5.97. The standard InChI is InChI=1S/C13H22N2O/c1-4-11-6-7-12(15-9-11)8-13(14,5-2)10-16-3/h6-7,9H,4-5,8,10,14H2,1-3H3. The van der Waals surface area contributed by atoms with Crippen molar-refractivity contribution in [3.8, 4) is 0 Å². The number of ether oxygens (including phenoxy) is 1. The molecule has 0 radical (unpaired) electrons. The zero-order chi connectivity index (χ0) is 12.0. The molecule has 0 saturated heterocycles. The van der Waals surface area contributed by atoms with Crippen LogP contribution in [0.5, 0.6) is 0 Å². The minimum Gasteiger partial charge on any atom is -0.383 e. The van der Waals surface area contributed by atoms with Crippen molar-refractivity contribution >= 4 is 0 Å². The highest BCUT2D eigenvalue weighted by Crippen LogP contribution is 2.14. The Morgan fingerprint density at radius 1 is 1.38 bits per heavy atom. The number of nitrogens with zero attached hydrogens (tertiary/aromatic N) is 1. The summed E-state index contributed by atoms with van der Waals surface area (Å²) >= 11 is 0. The second-order valence-corrected chi connectivity index (χ2v) is 4.34.